The maximum absolute atomic E-state index is 5.73. The van der Waals surface area contributed by atoms with Gasteiger partial charge in [-0.3, -0.25) is 0 Å². The van der Waals surface area contributed by atoms with Crippen LogP contribution >= 0.6 is 39.7 Å². The van der Waals surface area contributed by atoms with Crippen LogP contribution in [-0.2, 0) is 0 Å². The summed E-state index contributed by atoms with van der Waals surface area (Å²) in [7, 11) is 15.4. The number of unbranched alkanes of at least 4 members (excludes halogenated alkanes) is 7. The minimum Gasteiger partial charge on any atom is -0.0654 e. The molecule has 0 aromatic carbocycles. The lowest BCUT2D eigenvalue weighted by Gasteiger charge is -2.14. The first-order chi connectivity index (χ1) is 6.56. The molecule has 0 aromatic rings. The van der Waals surface area contributed by atoms with E-state index in [9.17, 15) is 0 Å². The van der Waals surface area contributed by atoms with E-state index in [1.807, 2.05) is 0 Å². The average Bonchev–Trinajstić information content (AvgIpc) is 2.08. The van der Waals surface area contributed by atoms with Crippen LogP contribution in [0.2, 0.25) is 0 Å². The number of hydrogen-bond acceptors (Lipinski definition) is 0. The molecule has 0 nitrogen and oxygen atoms in total. The molecule has 0 rings (SSSR count). The van der Waals surface area contributed by atoms with E-state index in [1.165, 1.54) is 44.9 Å². The lowest BCUT2D eigenvalue weighted by atomic mass is 10.1. The van der Waals surface area contributed by atoms with Gasteiger partial charge in [-0.15, -0.1) is 0 Å². The fraction of sp³-hybridized carbons (Fsp3) is 1.00. The third-order valence-electron chi connectivity index (χ3n) is 2.23. The number of halogens is 3. The summed E-state index contributed by atoms with van der Waals surface area (Å²) in [5.41, 5.74) is 0. The summed E-state index contributed by atoms with van der Waals surface area (Å²) in [6.07, 6.45) is 10.4. The lowest BCUT2D eigenvalue weighted by molar-refractivity contribution is 0.586. The van der Waals surface area contributed by atoms with Gasteiger partial charge in [-0.05, 0) is 46.1 Å². The van der Waals surface area contributed by atoms with Crippen LogP contribution in [0.4, 0.5) is 0 Å². The van der Waals surface area contributed by atoms with Crippen LogP contribution in [0.3, 0.4) is 0 Å². The van der Waals surface area contributed by atoms with Crippen LogP contribution in [0.15, 0.2) is 0 Å². The van der Waals surface area contributed by atoms with Crippen LogP contribution in [0.25, 0.3) is 0 Å². The van der Waals surface area contributed by atoms with Gasteiger partial charge in [0.25, 0.3) is 0 Å². The molecular weight excluding hydrogens is 259 g/mol. The maximum Gasteiger partial charge on any atom is 0.0164 e. The molecule has 14 heavy (non-hydrogen) atoms. The third-order valence-corrected chi connectivity index (χ3v) is 4.37. The highest BCUT2D eigenvalue weighted by Gasteiger charge is 2.11. The van der Waals surface area contributed by atoms with Gasteiger partial charge in [-0.1, -0.05) is 51.9 Å². The molecule has 0 aliphatic heterocycles. The molecule has 0 aromatic heterocycles. The Morgan fingerprint density at radius 1 is 0.714 bits per heavy atom. The predicted molar refractivity (Wildman–Crippen MR) is 72.6 cm³/mol. The largest absolute Gasteiger partial charge is 0.0654 e. The summed E-state index contributed by atoms with van der Waals surface area (Å²) >= 11 is 0. The van der Waals surface area contributed by atoms with Crippen LogP contribution in [0, 0.1) is 0 Å². The van der Waals surface area contributed by atoms with Gasteiger partial charge >= 0.3 is 0 Å². The molecule has 0 fully saturated rings. The second-order valence-corrected chi connectivity index (χ2v) is 11.3. The van der Waals surface area contributed by atoms with Crippen molar-refractivity contribution < 1.29 is 0 Å². The zero-order valence-corrected chi connectivity index (χ0v) is 12.0. The number of hydrogen-bond donors (Lipinski definition) is 0. The molecule has 0 heterocycles. The first kappa shape index (κ1) is 15.2. The highest BCUT2D eigenvalue weighted by Crippen LogP contribution is 2.63. The topological polar surface area (TPSA) is 0 Å². The molecule has 0 spiro atoms. The van der Waals surface area contributed by atoms with Crippen molar-refractivity contribution in [2.75, 3.05) is 5.75 Å². The van der Waals surface area contributed by atoms with Crippen molar-refractivity contribution in [3.8, 4) is 0 Å². The quantitative estimate of drug-likeness (QED) is 0.429. The third kappa shape index (κ3) is 13.2. The Bertz CT molecular complexity index is 123. The smallest absolute Gasteiger partial charge is 0.0164 e. The highest BCUT2D eigenvalue weighted by molar-refractivity contribution is 8.79. The van der Waals surface area contributed by atoms with E-state index in [1.54, 1.807) is 0 Å². The van der Waals surface area contributed by atoms with E-state index >= 15 is 0 Å². The molecule has 0 aliphatic rings. The van der Waals surface area contributed by atoms with Crippen LogP contribution in [-0.4, -0.2) is 5.75 Å². The van der Waals surface area contributed by atoms with Crippen molar-refractivity contribution in [2.24, 2.45) is 0 Å². The minimum absolute atomic E-state index is 0.770. The van der Waals surface area contributed by atoms with Gasteiger partial charge in [0, 0.05) is 5.75 Å². The molecule has 0 saturated heterocycles. The monoisotopic (exact) mass is 278 g/mol. The first-order valence-corrected chi connectivity index (χ1v) is 9.74. The van der Waals surface area contributed by atoms with E-state index in [-0.39, 0.29) is 0 Å². The molecule has 4 heteroatoms. The van der Waals surface area contributed by atoms with E-state index in [0.29, 0.717) is 0 Å². The molecule has 0 unspecified atom stereocenters. The normalized spacial score (nSPS) is 13.1. The van der Waals surface area contributed by atoms with Gasteiger partial charge in [0.05, 0.1) is 0 Å². The Morgan fingerprint density at radius 2 is 1.14 bits per heavy atom. The molecule has 0 N–H and O–H groups in total. The van der Waals surface area contributed by atoms with Crippen LogP contribution < -0.4 is 0 Å². The first-order valence-electron chi connectivity index (χ1n) is 5.46. The van der Waals surface area contributed by atoms with E-state index in [0.717, 1.165) is 12.2 Å². The summed E-state index contributed by atoms with van der Waals surface area (Å²) in [5, 5.41) is 0. The molecule has 0 atom stereocenters. The van der Waals surface area contributed by atoms with E-state index in [2.05, 4.69) is 6.92 Å². The van der Waals surface area contributed by atoms with Gasteiger partial charge in [0.15, 0.2) is 0 Å². The Balaban J connectivity index is 2.99. The second kappa shape index (κ2) is 9.45. The van der Waals surface area contributed by atoms with Crippen molar-refractivity contribution in [3.05, 3.63) is 0 Å². The summed E-state index contributed by atoms with van der Waals surface area (Å²) in [5.74, 6) is 0.770. The maximum atomic E-state index is 5.73. The fourth-order valence-corrected chi connectivity index (χ4v) is 2.91. The summed E-state index contributed by atoms with van der Waals surface area (Å²) in [6.45, 7) is 2.24. The van der Waals surface area contributed by atoms with E-state index in [4.69, 9.17) is 32.0 Å². The zero-order valence-electron chi connectivity index (χ0n) is 8.91. The van der Waals surface area contributed by atoms with E-state index < -0.39 is 7.67 Å². The van der Waals surface area contributed by atoms with Gasteiger partial charge in [-0.2, -0.15) is 0 Å². The summed E-state index contributed by atoms with van der Waals surface area (Å²) < 4.78 is 0. The molecule has 88 valence electrons. The zero-order chi connectivity index (χ0) is 10.9. The molecule has 0 bridgehead atoms. The van der Waals surface area contributed by atoms with Gasteiger partial charge in [0.2, 0.25) is 0 Å². The SMILES string of the molecule is CCCCCCCCCCS(Cl)(Cl)Cl. The van der Waals surface area contributed by atoms with Crippen LogP contribution in [0.5, 0.6) is 0 Å². The summed E-state index contributed by atoms with van der Waals surface area (Å²) in [4.78, 5) is 0. The Morgan fingerprint density at radius 3 is 1.57 bits per heavy atom. The van der Waals surface area contributed by atoms with Gasteiger partial charge in [0.1, 0.15) is 0 Å². The Hall–Kier alpha value is 1.22. The highest BCUT2D eigenvalue weighted by atomic mass is 36.2. The Labute approximate surface area is 104 Å². The molecular formula is C10H21Cl3S. The van der Waals surface area contributed by atoms with Gasteiger partial charge < -0.3 is 0 Å². The standard InChI is InChI=1S/C10H21Cl3S/c1-2-3-4-5-6-7-8-9-10-14(11,12)13/h2-10H2,1H3. The molecule has 0 radical (unpaired) electrons. The molecule has 0 amide bonds. The van der Waals surface area contributed by atoms with Crippen molar-refractivity contribution in [3.63, 3.8) is 0 Å². The lowest BCUT2D eigenvalue weighted by Crippen LogP contribution is -1.86. The summed E-state index contributed by atoms with van der Waals surface area (Å²) in [6, 6.07) is 0. The van der Waals surface area contributed by atoms with Crippen molar-refractivity contribution >= 4 is 39.7 Å². The number of rotatable bonds is 9. The predicted octanol–water partition coefficient (Wildman–Crippen LogP) is 6.39. The second-order valence-electron chi connectivity index (χ2n) is 3.68. The van der Waals surface area contributed by atoms with Crippen molar-refractivity contribution in [2.45, 2.75) is 58.3 Å². The van der Waals surface area contributed by atoms with Crippen LogP contribution in [0.1, 0.15) is 58.3 Å². The molecule has 0 aliphatic carbocycles. The van der Waals surface area contributed by atoms with Gasteiger partial charge in [-0.25, -0.2) is 0 Å². The molecule has 0 saturated carbocycles. The fourth-order valence-electron chi connectivity index (χ4n) is 1.40. The Kier molecular flexibility index (Phi) is 10.3. The van der Waals surface area contributed by atoms with Crippen molar-refractivity contribution in [1.82, 2.24) is 0 Å². The minimum atomic E-state index is -1.81. The van der Waals surface area contributed by atoms with Crippen molar-refractivity contribution in [1.29, 1.82) is 0 Å². The average molecular weight is 280 g/mol.